The molecule has 42 heavy (non-hydrogen) atoms. The zero-order valence-corrected chi connectivity index (χ0v) is 26.6. The number of ether oxygens (including phenoxy) is 5. The highest BCUT2D eigenvalue weighted by molar-refractivity contribution is 6.76. The van der Waals surface area contributed by atoms with Crippen molar-refractivity contribution < 1.29 is 28.5 Å². The van der Waals surface area contributed by atoms with Crippen molar-refractivity contribution in [2.45, 2.75) is 70.8 Å². The van der Waals surface area contributed by atoms with Gasteiger partial charge in [0, 0.05) is 44.4 Å². The molecule has 2 fully saturated rings. The molecule has 1 N–H and O–H groups in total. The van der Waals surface area contributed by atoms with Crippen LogP contribution in [0.5, 0.6) is 11.5 Å². The summed E-state index contributed by atoms with van der Waals surface area (Å²) in [7, 11) is 2.09. The smallest absolute Gasteiger partial charge is 0.228 e. The molecule has 228 valence electrons. The maximum absolute atomic E-state index is 13.1. The van der Waals surface area contributed by atoms with E-state index in [2.05, 4.69) is 25.0 Å². The van der Waals surface area contributed by atoms with E-state index in [-0.39, 0.29) is 18.1 Å². The molecule has 0 bridgehead atoms. The minimum Gasteiger partial charge on any atom is -0.496 e. The fourth-order valence-electron chi connectivity index (χ4n) is 5.49. The number of nitrogens with one attached hydrogen (secondary N) is 1. The Balaban J connectivity index is 1.31. The van der Waals surface area contributed by atoms with E-state index in [0.717, 1.165) is 66.9 Å². The van der Waals surface area contributed by atoms with Gasteiger partial charge in [-0.05, 0) is 68.3 Å². The maximum atomic E-state index is 13.1. The molecule has 1 aliphatic carbocycles. The third-order valence-corrected chi connectivity index (χ3v) is 9.79. The van der Waals surface area contributed by atoms with Crippen molar-refractivity contribution in [2.24, 2.45) is 11.8 Å². The second-order valence-corrected chi connectivity index (χ2v) is 18.1. The van der Waals surface area contributed by atoms with Gasteiger partial charge < -0.3 is 33.6 Å². The number of amides is 1. The Labute approximate surface area is 249 Å². The van der Waals surface area contributed by atoms with Crippen molar-refractivity contribution in [1.29, 1.82) is 0 Å². The Morgan fingerprint density at radius 3 is 2.57 bits per heavy atom. The molecule has 5 rings (SSSR count). The molecule has 2 aromatic heterocycles. The molecule has 3 heterocycles. The summed E-state index contributed by atoms with van der Waals surface area (Å²) in [5, 5.41) is 3.99. The number of hydrogen-bond acceptors (Lipinski definition) is 7. The van der Waals surface area contributed by atoms with Crippen LogP contribution in [0.1, 0.15) is 32.1 Å². The van der Waals surface area contributed by atoms with Crippen LogP contribution in [0.2, 0.25) is 25.7 Å². The number of pyridine rings is 1. The fourth-order valence-corrected chi connectivity index (χ4v) is 6.25. The van der Waals surface area contributed by atoms with Crippen LogP contribution in [-0.4, -0.2) is 63.9 Å². The van der Waals surface area contributed by atoms with Crippen molar-refractivity contribution in [1.82, 2.24) is 9.55 Å². The van der Waals surface area contributed by atoms with E-state index in [1.807, 2.05) is 41.1 Å². The number of anilines is 1. The summed E-state index contributed by atoms with van der Waals surface area (Å²) in [6.45, 7) is 9.48. The van der Waals surface area contributed by atoms with Crippen LogP contribution >= 0.6 is 0 Å². The van der Waals surface area contributed by atoms with Crippen LogP contribution in [0, 0.1) is 11.8 Å². The Bertz CT molecular complexity index is 1340. The second kappa shape index (κ2) is 13.6. The van der Waals surface area contributed by atoms with Gasteiger partial charge in [0.15, 0.2) is 6.29 Å². The van der Waals surface area contributed by atoms with Crippen LogP contribution in [0.25, 0.3) is 22.2 Å². The molecule has 1 saturated heterocycles. The average molecular weight is 596 g/mol. The molecular formula is C32H45N3O6Si. The summed E-state index contributed by atoms with van der Waals surface area (Å²) in [4.78, 5) is 18.0. The van der Waals surface area contributed by atoms with E-state index in [1.54, 1.807) is 14.2 Å². The summed E-state index contributed by atoms with van der Waals surface area (Å²) in [6, 6.07) is 10.7. The zero-order chi connectivity index (χ0) is 29.7. The van der Waals surface area contributed by atoms with Crippen LogP contribution < -0.4 is 14.8 Å². The zero-order valence-electron chi connectivity index (χ0n) is 25.6. The van der Waals surface area contributed by atoms with Gasteiger partial charge >= 0.3 is 0 Å². The number of rotatable bonds is 14. The first-order valence-electron chi connectivity index (χ1n) is 15.1. The van der Waals surface area contributed by atoms with Crippen molar-refractivity contribution >= 4 is 30.8 Å². The van der Waals surface area contributed by atoms with Gasteiger partial charge in [0.1, 0.15) is 29.7 Å². The highest BCUT2D eigenvalue weighted by Crippen LogP contribution is 2.44. The third kappa shape index (κ3) is 7.53. The Morgan fingerprint density at radius 1 is 1.10 bits per heavy atom. The number of carbonyl (C=O) groups excluding carboxylic acids is 1. The first kappa shape index (κ1) is 30.5. The van der Waals surface area contributed by atoms with Gasteiger partial charge in [-0.2, -0.15) is 0 Å². The topological polar surface area (TPSA) is 93.1 Å². The van der Waals surface area contributed by atoms with E-state index >= 15 is 0 Å². The highest BCUT2D eigenvalue weighted by Gasteiger charge is 2.42. The molecule has 9 nitrogen and oxygen atoms in total. The lowest BCUT2D eigenvalue weighted by atomic mass is 10.0. The number of carbonyl (C=O) groups is 1. The first-order valence-corrected chi connectivity index (χ1v) is 18.8. The molecule has 1 saturated carbocycles. The van der Waals surface area contributed by atoms with Crippen molar-refractivity contribution in [2.75, 3.05) is 39.4 Å². The predicted octanol–water partition coefficient (Wildman–Crippen LogP) is 6.54. The standard InChI is InChI=1S/C32H45N3O6Si/c1-37-26-9-8-10-27(38-2)30(26)25-20-35(21-39-17-18-42(3,4)5)31-23(25)12-13-28(33-31)34-32(36)24-19-22(24)14-16-41-29-11-6-7-15-40-29/h8-10,12-13,20,22,24,29H,6-7,11,14-19,21H2,1-5H3,(H,33,34,36). The molecule has 1 amide bonds. The van der Waals surface area contributed by atoms with Gasteiger partial charge in [0.25, 0.3) is 0 Å². The second-order valence-electron chi connectivity index (χ2n) is 12.5. The molecular weight excluding hydrogens is 550 g/mol. The van der Waals surface area contributed by atoms with Crippen molar-refractivity contribution in [3.8, 4) is 22.6 Å². The largest absolute Gasteiger partial charge is 0.496 e. The summed E-state index contributed by atoms with van der Waals surface area (Å²) in [5.74, 6) is 2.30. The van der Waals surface area contributed by atoms with Gasteiger partial charge in [-0.1, -0.05) is 25.7 Å². The molecule has 1 aromatic carbocycles. The normalized spacial score (nSPS) is 20.5. The molecule has 10 heteroatoms. The summed E-state index contributed by atoms with van der Waals surface area (Å²) in [6.07, 6.45) is 6.91. The first-order chi connectivity index (χ1) is 20.3. The summed E-state index contributed by atoms with van der Waals surface area (Å²) < 4.78 is 31.1. The van der Waals surface area contributed by atoms with Crippen LogP contribution in [0.15, 0.2) is 36.5 Å². The SMILES string of the molecule is COc1cccc(OC)c1-c1cn(COCC[Si](C)(C)C)c2nc(NC(=O)C3CC3CCOC3CCCCO3)ccc12. The number of methoxy groups -OCH3 is 2. The molecule has 3 unspecified atom stereocenters. The maximum Gasteiger partial charge on any atom is 0.228 e. The van der Waals surface area contributed by atoms with E-state index < -0.39 is 8.07 Å². The van der Waals surface area contributed by atoms with Crippen LogP contribution in [-0.2, 0) is 25.7 Å². The lowest BCUT2D eigenvalue weighted by molar-refractivity contribution is -0.163. The number of nitrogens with zero attached hydrogens (tertiary/aromatic N) is 2. The Hall–Kier alpha value is -2.92. The molecule has 0 spiro atoms. The average Bonchev–Trinajstić information content (AvgIpc) is 3.68. The Kier molecular flexibility index (Phi) is 9.87. The number of fused-ring (bicyclic) bond motifs is 1. The summed E-state index contributed by atoms with van der Waals surface area (Å²) >= 11 is 0. The molecule has 2 aliphatic rings. The van der Waals surface area contributed by atoms with Gasteiger partial charge in [-0.3, -0.25) is 4.79 Å². The van der Waals surface area contributed by atoms with Gasteiger partial charge in [0.05, 0.1) is 26.4 Å². The van der Waals surface area contributed by atoms with Crippen molar-refractivity contribution in [3.63, 3.8) is 0 Å². The molecule has 3 atom stereocenters. The summed E-state index contributed by atoms with van der Waals surface area (Å²) in [5.41, 5.74) is 2.52. The predicted molar refractivity (Wildman–Crippen MR) is 167 cm³/mol. The number of benzene rings is 1. The van der Waals surface area contributed by atoms with E-state index in [9.17, 15) is 4.79 Å². The fraction of sp³-hybridized carbons (Fsp3) is 0.562. The quantitative estimate of drug-likeness (QED) is 0.167. The highest BCUT2D eigenvalue weighted by atomic mass is 28.3. The van der Waals surface area contributed by atoms with Gasteiger partial charge in [0.2, 0.25) is 5.91 Å². The molecule has 0 radical (unpaired) electrons. The lowest BCUT2D eigenvalue weighted by Gasteiger charge is -2.22. The van der Waals surface area contributed by atoms with Crippen molar-refractivity contribution in [3.05, 3.63) is 36.5 Å². The molecule has 3 aromatic rings. The van der Waals surface area contributed by atoms with Gasteiger partial charge in [-0.15, -0.1) is 0 Å². The minimum absolute atomic E-state index is 0.0107. The minimum atomic E-state index is -1.22. The van der Waals surface area contributed by atoms with E-state index in [0.29, 0.717) is 43.2 Å². The van der Waals surface area contributed by atoms with E-state index in [1.165, 1.54) is 0 Å². The third-order valence-electron chi connectivity index (χ3n) is 8.09. The van der Waals surface area contributed by atoms with Gasteiger partial charge in [-0.25, -0.2) is 4.98 Å². The van der Waals surface area contributed by atoms with E-state index in [4.69, 9.17) is 28.7 Å². The molecule has 1 aliphatic heterocycles. The lowest BCUT2D eigenvalue weighted by Crippen LogP contribution is -2.23. The number of hydrogen-bond donors (Lipinski definition) is 1. The monoisotopic (exact) mass is 595 g/mol. The van der Waals surface area contributed by atoms with Crippen LogP contribution in [0.3, 0.4) is 0 Å². The number of aromatic nitrogens is 2. The Morgan fingerprint density at radius 2 is 1.88 bits per heavy atom. The van der Waals surface area contributed by atoms with Crippen LogP contribution in [0.4, 0.5) is 5.82 Å².